The molecule has 190 valence electrons. The molecule has 0 aliphatic carbocycles. The molecule has 0 spiro atoms. The summed E-state index contributed by atoms with van der Waals surface area (Å²) < 4.78 is 25.8. The van der Waals surface area contributed by atoms with E-state index in [1.807, 2.05) is 31.2 Å². The zero-order valence-corrected chi connectivity index (χ0v) is 21.6. The normalized spacial score (nSPS) is 14.1. The Morgan fingerprint density at radius 2 is 1.89 bits per heavy atom. The monoisotopic (exact) mass is 567 g/mol. The molecule has 1 saturated heterocycles. The molecule has 1 fully saturated rings. The molecule has 0 unspecified atom stereocenters. The number of amides is 4. The summed E-state index contributed by atoms with van der Waals surface area (Å²) in [5.74, 6) is -1.11. The second-order valence-corrected chi connectivity index (χ2v) is 9.06. The van der Waals surface area contributed by atoms with E-state index in [2.05, 4.69) is 26.6 Å². The summed E-state index contributed by atoms with van der Waals surface area (Å²) in [7, 11) is 1.50. The lowest BCUT2D eigenvalue weighted by Gasteiger charge is -2.13. The van der Waals surface area contributed by atoms with Gasteiger partial charge >= 0.3 is 6.03 Å². The van der Waals surface area contributed by atoms with E-state index >= 15 is 0 Å². The van der Waals surface area contributed by atoms with E-state index in [1.165, 1.54) is 31.4 Å². The standard InChI is InChI=1S/C27H23BrFN3O5/c1-16-6-5-7-17(10-16)15-37-24-13-19(28)18(12-23(24)36-2)11-22-26(34)32(27(35)31-22)14-25(33)30-21-9-4-3-8-20(21)29/h3-13H,14-15H2,1-2H3,(H,30,33)(H,31,35)/b22-11+. The van der Waals surface area contributed by atoms with Gasteiger partial charge in [-0.1, -0.05) is 57.9 Å². The maximum atomic E-state index is 13.8. The lowest BCUT2D eigenvalue weighted by molar-refractivity contribution is -0.127. The molecule has 4 amide bonds. The van der Waals surface area contributed by atoms with Crippen LogP contribution in [0, 0.1) is 12.7 Å². The first-order chi connectivity index (χ1) is 17.7. The lowest BCUT2D eigenvalue weighted by atomic mass is 10.1. The van der Waals surface area contributed by atoms with Gasteiger partial charge in [0.05, 0.1) is 12.8 Å². The van der Waals surface area contributed by atoms with Gasteiger partial charge in [0, 0.05) is 4.47 Å². The summed E-state index contributed by atoms with van der Waals surface area (Å²) in [6.45, 7) is 1.76. The molecule has 3 aromatic rings. The third-order valence-electron chi connectivity index (χ3n) is 5.47. The third-order valence-corrected chi connectivity index (χ3v) is 6.16. The average Bonchev–Trinajstić information content (AvgIpc) is 3.12. The van der Waals surface area contributed by atoms with Gasteiger partial charge in [-0.15, -0.1) is 0 Å². The lowest BCUT2D eigenvalue weighted by Crippen LogP contribution is -2.38. The van der Waals surface area contributed by atoms with Gasteiger partial charge in [-0.05, 0) is 48.4 Å². The summed E-state index contributed by atoms with van der Waals surface area (Å²) in [5.41, 5.74) is 2.60. The van der Waals surface area contributed by atoms with E-state index in [9.17, 15) is 18.8 Å². The minimum Gasteiger partial charge on any atom is -0.493 e. The van der Waals surface area contributed by atoms with Crippen LogP contribution in [0.4, 0.5) is 14.9 Å². The number of methoxy groups -OCH3 is 1. The van der Waals surface area contributed by atoms with Crippen molar-refractivity contribution in [2.45, 2.75) is 13.5 Å². The Kier molecular flexibility index (Phi) is 7.88. The predicted molar refractivity (Wildman–Crippen MR) is 139 cm³/mol. The zero-order valence-electron chi connectivity index (χ0n) is 20.0. The number of halogens is 2. The number of imide groups is 1. The van der Waals surface area contributed by atoms with Crippen LogP contribution in [-0.4, -0.2) is 36.4 Å². The van der Waals surface area contributed by atoms with Crippen molar-refractivity contribution >= 4 is 45.5 Å². The second-order valence-electron chi connectivity index (χ2n) is 8.21. The van der Waals surface area contributed by atoms with E-state index in [0.29, 0.717) is 28.1 Å². The molecule has 10 heteroatoms. The Balaban J connectivity index is 1.48. The van der Waals surface area contributed by atoms with E-state index in [-0.39, 0.29) is 11.4 Å². The van der Waals surface area contributed by atoms with Crippen LogP contribution in [0.1, 0.15) is 16.7 Å². The smallest absolute Gasteiger partial charge is 0.329 e. The Morgan fingerprint density at radius 3 is 2.62 bits per heavy atom. The number of ether oxygens (including phenoxy) is 2. The van der Waals surface area contributed by atoms with Crippen molar-refractivity contribution in [3.05, 3.63) is 93.3 Å². The second kappa shape index (κ2) is 11.3. The number of hydrogen-bond donors (Lipinski definition) is 2. The van der Waals surface area contributed by atoms with Gasteiger partial charge in [-0.25, -0.2) is 14.1 Å². The largest absolute Gasteiger partial charge is 0.493 e. The number of para-hydroxylation sites is 1. The zero-order chi connectivity index (χ0) is 26.5. The van der Waals surface area contributed by atoms with Gasteiger partial charge in [0.15, 0.2) is 11.5 Å². The van der Waals surface area contributed by atoms with Crippen molar-refractivity contribution in [1.29, 1.82) is 0 Å². The molecule has 1 aliphatic rings. The fourth-order valence-electron chi connectivity index (χ4n) is 3.66. The maximum absolute atomic E-state index is 13.8. The third kappa shape index (κ3) is 6.15. The molecule has 0 aromatic heterocycles. The molecule has 37 heavy (non-hydrogen) atoms. The van der Waals surface area contributed by atoms with Gasteiger partial charge in [0.1, 0.15) is 24.7 Å². The van der Waals surface area contributed by atoms with E-state index in [0.717, 1.165) is 16.0 Å². The summed E-state index contributed by atoms with van der Waals surface area (Å²) in [6, 6.07) is 16.2. The Labute approximate surface area is 221 Å². The van der Waals surface area contributed by atoms with Crippen molar-refractivity contribution < 1.29 is 28.2 Å². The molecule has 0 bridgehead atoms. The quantitative estimate of drug-likeness (QED) is 0.294. The SMILES string of the molecule is COc1cc(/C=C2/NC(=O)N(CC(=O)Nc3ccccc3F)C2=O)c(Br)cc1OCc1cccc(C)c1. The molecule has 1 heterocycles. The highest BCUT2D eigenvalue weighted by molar-refractivity contribution is 9.10. The first-order valence-electron chi connectivity index (χ1n) is 11.2. The van der Waals surface area contributed by atoms with Crippen molar-refractivity contribution in [3.63, 3.8) is 0 Å². The van der Waals surface area contributed by atoms with Gasteiger partial charge in [-0.2, -0.15) is 0 Å². The number of nitrogens with zero attached hydrogens (tertiary/aromatic N) is 1. The fourth-order valence-corrected chi connectivity index (χ4v) is 4.10. The van der Waals surface area contributed by atoms with Crippen molar-refractivity contribution in [2.24, 2.45) is 0 Å². The molecule has 8 nitrogen and oxygen atoms in total. The fraction of sp³-hybridized carbons (Fsp3) is 0.148. The van der Waals surface area contributed by atoms with Crippen LogP contribution in [0.3, 0.4) is 0 Å². The first-order valence-corrected chi connectivity index (χ1v) is 12.0. The van der Waals surface area contributed by atoms with Gasteiger partial charge in [-0.3, -0.25) is 9.59 Å². The number of hydrogen-bond acceptors (Lipinski definition) is 5. The molecular formula is C27H23BrFN3O5. The van der Waals surface area contributed by atoms with Crippen LogP contribution in [0.2, 0.25) is 0 Å². The number of benzene rings is 3. The molecule has 1 aliphatic heterocycles. The highest BCUT2D eigenvalue weighted by atomic mass is 79.9. The van der Waals surface area contributed by atoms with E-state index in [1.54, 1.807) is 18.2 Å². The molecule has 0 radical (unpaired) electrons. The van der Waals surface area contributed by atoms with Crippen LogP contribution >= 0.6 is 15.9 Å². The minimum atomic E-state index is -0.763. The first kappa shape index (κ1) is 25.9. The van der Waals surface area contributed by atoms with Crippen LogP contribution < -0.4 is 20.1 Å². The minimum absolute atomic E-state index is 0.0279. The van der Waals surface area contributed by atoms with Gasteiger partial charge in [0.25, 0.3) is 5.91 Å². The Morgan fingerprint density at radius 1 is 1.11 bits per heavy atom. The van der Waals surface area contributed by atoms with Crippen molar-refractivity contribution in [3.8, 4) is 11.5 Å². The van der Waals surface area contributed by atoms with Crippen molar-refractivity contribution in [2.75, 3.05) is 19.0 Å². The topological polar surface area (TPSA) is 97.0 Å². The number of nitrogens with one attached hydrogen (secondary N) is 2. The molecule has 4 rings (SSSR count). The number of carbonyl (C=O) groups is 3. The number of aryl methyl sites for hydroxylation is 1. The molecule has 0 atom stereocenters. The molecule has 2 N–H and O–H groups in total. The van der Waals surface area contributed by atoms with Crippen molar-refractivity contribution in [1.82, 2.24) is 10.2 Å². The summed E-state index contributed by atoms with van der Waals surface area (Å²) in [5, 5.41) is 4.82. The summed E-state index contributed by atoms with van der Waals surface area (Å²) in [4.78, 5) is 38.3. The van der Waals surface area contributed by atoms with E-state index < -0.39 is 30.2 Å². The van der Waals surface area contributed by atoms with Crippen LogP contribution in [0.15, 0.2) is 70.8 Å². The van der Waals surface area contributed by atoms with Gasteiger partial charge < -0.3 is 20.1 Å². The summed E-state index contributed by atoms with van der Waals surface area (Å²) >= 11 is 3.47. The maximum Gasteiger partial charge on any atom is 0.329 e. The van der Waals surface area contributed by atoms with Crippen LogP contribution in [-0.2, 0) is 16.2 Å². The Hall–Kier alpha value is -4.18. The summed E-state index contributed by atoms with van der Waals surface area (Å²) in [6.07, 6.45) is 1.46. The Bertz CT molecular complexity index is 1410. The number of urea groups is 1. The average molecular weight is 568 g/mol. The number of carbonyl (C=O) groups excluding carboxylic acids is 3. The number of rotatable bonds is 8. The van der Waals surface area contributed by atoms with Crippen LogP contribution in [0.5, 0.6) is 11.5 Å². The predicted octanol–water partition coefficient (Wildman–Crippen LogP) is 5.02. The molecule has 3 aromatic carbocycles. The van der Waals surface area contributed by atoms with Crippen LogP contribution in [0.25, 0.3) is 6.08 Å². The van der Waals surface area contributed by atoms with E-state index in [4.69, 9.17) is 9.47 Å². The number of anilines is 1. The molecule has 0 saturated carbocycles. The highest BCUT2D eigenvalue weighted by Gasteiger charge is 2.35. The van der Waals surface area contributed by atoms with Gasteiger partial charge in [0.2, 0.25) is 5.91 Å². The molecular weight excluding hydrogens is 545 g/mol. The highest BCUT2D eigenvalue weighted by Crippen LogP contribution is 2.35.